The molecule has 1 aliphatic rings. The molecule has 84 valence electrons. The van der Waals surface area contributed by atoms with Gasteiger partial charge in [0.1, 0.15) is 0 Å². The van der Waals surface area contributed by atoms with Crippen molar-refractivity contribution in [1.82, 2.24) is 5.32 Å². The van der Waals surface area contributed by atoms with Gasteiger partial charge in [0.25, 0.3) is 0 Å². The summed E-state index contributed by atoms with van der Waals surface area (Å²) in [6.45, 7) is 9.54. The largest absolute Gasteiger partial charge is 0.383 e. The van der Waals surface area contributed by atoms with E-state index >= 15 is 0 Å². The molecule has 1 N–H and O–H groups in total. The molecule has 0 atom stereocenters. The average molecular weight is 208 g/mol. The molecule has 0 aromatic rings. The molecule has 1 rings (SSSR count). The van der Waals surface area contributed by atoms with Gasteiger partial charge in [-0.3, -0.25) is 4.99 Å². The van der Waals surface area contributed by atoms with Gasteiger partial charge in [0, 0.05) is 36.9 Å². The smallest absolute Gasteiger partial charge is 0.0485 e. The second-order valence-corrected chi connectivity index (χ2v) is 3.73. The van der Waals surface area contributed by atoms with E-state index < -0.39 is 0 Å². The molecule has 0 radical (unpaired) electrons. The summed E-state index contributed by atoms with van der Waals surface area (Å²) in [5.41, 5.74) is 1.91. The fraction of sp³-hybridized carbons (Fsp3) is 0.583. The first-order valence-corrected chi connectivity index (χ1v) is 5.42. The van der Waals surface area contributed by atoms with Crippen LogP contribution in [0.1, 0.15) is 26.7 Å². The predicted octanol–water partition coefficient (Wildman–Crippen LogP) is 2.26. The summed E-state index contributed by atoms with van der Waals surface area (Å²) in [5, 5.41) is 3.38. The minimum absolute atomic E-state index is 0.501. The molecule has 0 aliphatic carbocycles. The molecule has 3 heteroatoms. The van der Waals surface area contributed by atoms with Crippen molar-refractivity contribution in [3.63, 3.8) is 0 Å². The molecule has 0 aromatic heterocycles. The molecule has 0 amide bonds. The van der Waals surface area contributed by atoms with E-state index in [0.717, 1.165) is 37.4 Å². The van der Waals surface area contributed by atoms with Crippen molar-refractivity contribution in [2.75, 3.05) is 13.2 Å². The maximum atomic E-state index is 5.29. The second kappa shape index (κ2) is 6.40. The summed E-state index contributed by atoms with van der Waals surface area (Å²) < 4.78 is 5.29. The first-order chi connectivity index (χ1) is 7.22. The third kappa shape index (κ3) is 4.79. The molecular formula is C12H20N2O. The topological polar surface area (TPSA) is 33.6 Å². The van der Waals surface area contributed by atoms with Crippen LogP contribution in [0.15, 0.2) is 29.0 Å². The van der Waals surface area contributed by atoms with Crippen molar-refractivity contribution in [2.45, 2.75) is 32.7 Å². The van der Waals surface area contributed by atoms with Crippen LogP contribution in [0.4, 0.5) is 0 Å². The van der Waals surface area contributed by atoms with Crippen molar-refractivity contribution in [3.05, 3.63) is 24.0 Å². The second-order valence-electron chi connectivity index (χ2n) is 3.73. The van der Waals surface area contributed by atoms with Crippen LogP contribution >= 0.6 is 0 Å². The number of rotatable bonds is 4. The Hall–Kier alpha value is -1.09. The van der Waals surface area contributed by atoms with Gasteiger partial charge >= 0.3 is 0 Å². The highest BCUT2D eigenvalue weighted by Crippen LogP contribution is 2.09. The van der Waals surface area contributed by atoms with Crippen molar-refractivity contribution < 1.29 is 4.74 Å². The Morgan fingerprint density at radius 1 is 1.47 bits per heavy atom. The lowest BCUT2D eigenvalue weighted by Crippen LogP contribution is -2.33. The first kappa shape index (κ1) is 12.0. The molecule has 15 heavy (non-hydrogen) atoms. The third-order valence-corrected chi connectivity index (χ3v) is 2.33. The number of hydrogen-bond donors (Lipinski definition) is 1. The lowest BCUT2D eigenvalue weighted by atomic mass is 10.1. The summed E-state index contributed by atoms with van der Waals surface area (Å²) in [4.78, 5) is 4.17. The number of hydrogen-bond acceptors (Lipinski definition) is 3. The Bertz CT molecular complexity index is 263. The summed E-state index contributed by atoms with van der Waals surface area (Å²) in [7, 11) is 0. The molecule has 0 bridgehead atoms. The van der Waals surface area contributed by atoms with Crippen molar-refractivity contribution in [1.29, 1.82) is 0 Å². The van der Waals surface area contributed by atoms with Crippen LogP contribution in [-0.4, -0.2) is 25.5 Å². The number of aliphatic imine (C=N–C) groups is 1. The number of nitrogens with one attached hydrogen (secondary N) is 1. The van der Waals surface area contributed by atoms with E-state index in [1.54, 1.807) is 6.21 Å². The molecule has 3 nitrogen and oxygen atoms in total. The van der Waals surface area contributed by atoms with E-state index in [1.807, 2.05) is 19.9 Å². The molecule has 0 spiro atoms. The summed E-state index contributed by atoms with van der Waals surface area (Å²) >= 11 is 0. The van der Waals surface area contributed by atoms with Crippen LogP contribution in [0, 0.1) is 0 Å². The lowest BCUT2D eigenvalue weighted by molar-refractivity contribution is 0.0807. The van der Waals surface area contributed by atoms with E-state index in [4.69, 9.17) is 4.74 Å². The van der Waals surface area contributed by atoms with Crippen LogP contribution in [0.3, 0.4) is 0 Å². The highest BCUT2D eigenvalue weighted by molar-refractivity contribution is 5.55. The van der Waals surface area contributed by atoms with E-state index in [1.165, 1.54) is 0 Å². The van der Waals surface area contributed by atoms with Crippen LogP contribution < -0.4 is 5.32 Å². The minimum atomic E-state index is 0.501. The summed E-state index contributed by atoms with van der Waals surface area (Å²) in [6.07, 6.45) is 5.87. The molecule has 1 aliphatic heterocycles. The molecule has 0 aromatic carbocycles. The highest BCUT2D eigenvalue weighted by Gasteiger charge is 2.12. The van der Waals surface area contributed by atoms with Crippen LogP contribution in [0.5, 0.6) is 0 Å². The van der Waals surface area contributed by atoms with Gasteiger partial charge in [0.05, 0.1) is 0 Å². The average Bonchev–Trinajstić information content (AvgIpc) is 2.19. The first-order valence-electron chi connectivity index (χ1n) is 5.42. The molecular weight excluding hydrogens is 188 g/mol. The Kier molecular flexibility index (Phi) is 5.12. The molecule has 1 fully saturated rings. The summed E-state index contributed by atoms with van der Waals surface area (Å²) in [5.74, 6) is 0. The van der Waals surface area contributed by atoms with E-state index in [0.29, 0.717) is 6.04 Å². The van der Waals surface area contributed by atoms with Crippen molar-refractivity contribution in [2.24, 2.45) is 4.99 Å². The van der Waals surface area contributed by atoms with E-state index in [9.17, 15) is 0 Å². The zero-order valence-electron chi connectivity index (χ0n) is 9.62. The van der Waals surface area contributed by atoms with Gasteiger partial charge in [-0.25, -0.2) is 0 Å². The highest BCUT2D eigenvalue weighted by atomic mass is 16.5. The monoisotopic (exact) mass is 208 g/mol. The van der Waals surface area contributed by atoms with Crippen LogP contribution in [0.2, 0.25) is 0 Å². The van der Waals surface area contributed by atoms with Gasteiger partial charge < -0.3 is 10.1 Å². The zero-order valence-corrected chi connectivity index (χ0v) is 9.62. The summed E-state index contributed by atoms with van der Waals surface area (Å²) in [6, 6.07) is 0.501. The number of ether oxygens (including phenoxy) is 1. The van der Waals surface area contributed by atoms with Crippen molar-refractivity contribution >= 4 is 6.21 Å². The fourth-order valence-electron chi connectivity index (χ4n) is 1.64. The minimum Gasteiger partial charge on any atom is -0.383 e. The molecule has 0 saturated carbocycles. The van der Waals surface area contributed by atoms with E-state index in [2.05, 4.69) is 16.9 Å². The van der Waals surface area contributed by atoms with Crippen LogP contribution in [0.25, 0.3) is 0 Å². The van der Waals surface area contributed by atoms with Gasteiger partial charge in [-0.05, 0) is 32.8 Å². The number of allylic oxidation sites excluding steroid dienone is 2. The Morgan fingerprint density at radius 2 is 2.13 bits per heavy atom. The van der Waals surface area contributed by atoms with Gasteiger partial charge in [-0.15, -0.1) is 0 Å². The SMILES string of the molecule is C=C(/C=C(/C)N=CC)NC1CCOCC1. The Balaban J connectivity index is 2.37. The maximum Gasteiger partial charge on any atom is 0.0485 e. The van der Waals surface area contributed by atoms with Crippen molar-refractivity contribution in [3.8, 4) is 0 Å². The predicted molar refractivity (Wildman–Crippen MR) is 64.0 cm³/mol. The maximum absolute atomic E-state index is 5.29. The lowest BCUT2D eigenvalue weighted by Gasteiger charge is -2.24. The molecule has 0 unspecified atom stereocenters. The van der Waals surface area contributed by atoms with Gasteiger partial charge in [0.2, 0.25) is 0 Å². The Morgan fingerprint density at radius 3 is 2.73 bits per heavy atom. The van der Waals surface area contributed by atoms with Gasteiger partial charge in [-0.1, -0.05) is 6.58 Å². The fourth-order valence-corrected chi connectivity index (χ4v) is 1.64. The zero-order chi connectivity index (χ0) is 11.1. The standard InChI is InChI=1S/C12H20N2O/c1-4-13-10(2)9-11(3)14-12-5-7-15-8-6-12/h4,9,12,14H,3,5-8H2,1-2H3/b10-9-,13-4?. The quantitative estimate of drug-likeness (QED) is 0.568. The third-order valence-electron chi connectivity index (χ3n) is 2.33. The van der Waals surface area contributed by atoms with E-state index in [-0.39, 0.29) is 0 Å². The van der Waals surface area contributed by atoms with Gasteiger partial charge in [0.15, 0.2) is 0 Å². The molecule has 1 saturated heterocycles. The molecule has 1 heterocycles. The Labute approximate surface area is 91.9 Å². The normalized spacial score (nSPS) is 19.5. The van der Waals surface area contributed by atoms with Gasteiger partial charge in [-0.2, -0.15) is 0 Å². The van der Waals surface area contributed by atoms with Crippen LogP contribution in [-0.2, 0) is 4.74 Å². The number of nitrogens with zero attached hydrogens (tertiary/aromatic N) is 1.